The number of rotatable bonds is 4. The molecule has 1 aromatic heterocycles. The molecule has 0 bridgehead atoms. The summed E-state index contributed by atoms with van der Waals surface area (Å²) < 4.78 is 39.3. The van der Waals surface area contributed by atoms with Crippen LogP contribution in [-0.4, -0.2) is 27.8 Å². The predicted molar refractivity (Wildman–Crippen MR) is 107 cm³/mol. The Hall–Kier alpha value is -2.38. The fourth-order valence-corrected chi connectivity index (χ4v) is 3.83. The highest BCUT2D eigenvalue weighted by atomic mass is 35.5. The number of hydrogen-bond donors (Lipinski definition) is 0. The van der Waals surface area contributed by atoms with Gasteiger partial charge < -0.3 is 9.47 Å². The van der Waals surface area contributed by atoms with E-state index in [0.717, 1.165) is 11.8 Å². The fraction of sp³-hybridized carbons (Fsp3) is 0.409. The van der Waals surface area contributed by atoms with Gasteiger partial charge in [0.05, 0.1) is 11.2 Å². The van der Waals surface area contributed by atoms with E-state index in [4.69, 9.17) is 21.1 Å². The topological polar surface area (TPSA) is 65.5 Å². The Morgan fingerprint density at radius 3 is 2.30 bits per heavy atom. The second-order valence-electron chi connectivity index (χ2n) is 8.14. The van der Waals surface area contributed by atoms with Crippen LogP contribution in [0.2, 0.25) is 5.02 Å². The van der Waals surface area contributed by atoms with Crippen molar-refractivity contribution < 1.29 is 27.8 Å². The van der Waals surface area contributed by atoms with Gasteiger partial charge in [0.25, 0.3) is 5.95 Å². The first-order valence-corrected chi connectivity index (χ1v) is 9.85. The highest BCUT2D eigenvalue weighted by molar-refractivity contribution is 6.30. The van der Waals surface area contributed by atoms with Crippen molar-refractivity contribution in [2.24, 2.45) is 0 Å². The van der Waals surface area contributed by atoms with E-state index in [1.165, 1.54) is 12.1 Å². The summed E-state index contributed by atoms with van der Waals surface area (Å²) in [4.78, 5) is 29.6. The number of halogens is 3. The lowest BCUT2D eigenvalue weighted by Crippen LogP contribution is -2.58. The minimum atomic E-state index is -1.18. The van der Waals surface area contributed by atoms with Gasteiger partial charge in [0.15, 0.2) is 17.4 Å². The maximum atomic E-state index is 14.2. The number of benzene rings is 1. The van der Waals surface area contributed by atoms with Crippen LogP contribution in [-0.2, 0) is 20.7 Å². The van der Waals surface area contributed by atoms with Crippen LogP contribution in [0.1, 0.15) is 51.7 Å². The Bertz CT molecular complexity index is 1010. The Morgan fingerprint density at radius 1 is 1.13 bits per heavy atom. The minimum absolute atomic E-state index is 0.0479. The van der Waals surface area contributed by atoms with Gasteiger partial charge >= 0.3 is 0 Å². The lowest BCUT2D eigenvalue weighted by Gasteiger charge is -2.43. The van der Waals surface area contributed by atoms with E-state index in [9.17, 15) is 18.4 Å². The molecule has 0 N–H and O–H groups in total. The molecule has 0 atom stereocenters. The number of ether oxygens (including phenoxy) is 2. The summed E-state index contributed by atoms with van der Waals surface area (Å²) in [5, 5.41) is -0.393. The molecule has 160 valence electrons. The van der Waals surface area contributed by atoms with E-state index >= 15 is 0 Å². The van der Waals surface area contributed by atoms with E-state index in [1.807, 2.05) is 6.92 Å². The summed E-state index contributed by atoms with van der Waals surface area (Å²) in [6.07, 6.45) is 1.38. The van der Waals surface area contributed by atoms with Crippen molar-refractivity contribution in [2.45, 2.75) is 58.2 Å². The van der Waals surface area contributed by atoms with Crippen LogP contribution < -0.4 is 4.74 Å². The van der Waals surface area contributed by atoms with E-state index in [-0.39, 0.29) is 17.3 Å². The Balaban J connectivity index is 2.11. The SMILES string of the molecule is CCc1ccc(Oc2c(F)ncc(Cl)c2F)cc1C1C(=O)C(C)(C)OC(C)(C)C1=O. The summed E-state index contributed by atoms with van der Waals surface area (Å²) in [5.41, 5.74) is -1.20. The molecule has 0 radical (unpaired) electrons. The van der Waals surface area contributed by atoms with Gasteiger partial charge in [0.2, 0.25) is 5.75 Å². The normalized spacial score (nSPS) is 18.5. The molecular formula is C22H22ClF2NO4. The van der Waals surface area contributed by atoms with E-state index in [0.29, 0.717) is 12.0 Å². The first-order chi connectivity index (χ1) is 13.9. The summed E-state index contributed by atoms with van der Waals surface area (Å²) in [7, 11) is 0. The van der Waals surface area contributed by atoms with Crippen LogP contribution in [0.4, 0.5) is 8.78 Å². The van der Waals surface area contributed by atoms with Crippen LogP contribution >= 0.6 is 11.6 Å². The number of hydrogen-bond acceptors (Lipinski definition) is 5. The van der Waals surface area contributed by atoms with Gasteiger partial charge in [-0.15, -0.1) is 0 Å². The number of carbonyl (C=O) groups is 2. The summed E-state index contributed by atoms with van der Waals surface area (Å²) in [5.74, 6) is -4.84. The molecule has 2 heterocycles. The van der Waals surface area contributed by atoms with Crippen molar-refractivity contribution >= 4 is 23.2 Å². The number of pyridine rings is 1. The first-order valence-electron chi connectivity index (χ1n) is 9.48. The second-order valence-corrected chi connectivity index (χ2v) is 8.55. The molecule has 30 heavy (non-hydrogen) atoms. The van der Waals surface area contributed by atoms with Gasteiger partial charge in [-0.05, 0) is 57.4 Å². The Labute approximate surface area is 178 Å². The quantitative estimate of drug-likeness (QED) is 0.487. The zero-order valence-electron chi connectivity index (χ0n) is 17.3. The van der Waals surface area contributed by atoms with Crippen molar-refractivity contribution in [1.29, 1.82) is 0 Å². The Morgan fingerprint density at radius 2 is 1.73 bits per heavy atom. The third-order valence-electron chi connectivity index (χ3n) is 5.14. The highest BCUT2D eigenvalue weighted by Gasteiger charge is 2.53. The highest BCUT2D eigenvalue weighted by Crippen LogP contribution is 2.41. The molecule has 0 unspecified atom stereocenters. The van der Waals surface area contributed by atoms with Crippen molar-refractivity contribution in [3.05, 3.63) is 52.3 Å². The van der Waals surface area contributed by atoms with E-state index in [1.54, 1.807) is 33.8 Å². The first kappa shape index (κ1) is 22.3. The molecule has 1 aromatic carbocycles. The zero-order chi connectivity index (χ0) is 22.4. The molecule has 0 spiro atoms. The van der Waals surface area contributed by atoms with Gasteiger partial charge in [0, 0.05) is 0 Å². The lowest BCUT2D eigenvalue weighted by molar-refractivity contribution is -0.184. The molecule has 0 amide bonds. The monoisotopic (exact) mass is 437 g/mol. The molecule has 1 aliphatic rings. The predicted octanol–water partition coefficient (Wildman–Crippen LogP) is 5.18. The lowest BCUT2D eigenvalue weighted by atomic mass is 9.73. The molecule has 3 rings (SSSR count). The van der Waals surface area contributed by atoms with Gasteiger partial charge in [0.1, 0.15) is 22.9 Å². The zero-order valence-corrected chi connectivity index (χ0v) is 18.1. The average Bonchev–Trinajstić information content (AvgIpc) is 2.67. The van der Waals surface area contributed by atoms with Crippen molar-refractivity contribution in [2.75, 3.05) is 0 Å². The molecule has 5 nitrogen and oxygen atoms in total. The van der Waals surface area contributed by atoms with E-state index < -0.39 is 39.7 Å². The molecule has 1 aliphatic heterocycles. The van der Waals surface area contributed by atoms with Crippen LogP contribution in [0.3, 0.4) is 0 Å². The summed E-state index contributed by atoms with van der Waals surface area (Å²) in [6, 6.07) is 4.62. The number of aromatic nitrogens is 1. The van der Waals surface area contributed by atoms with Crippen LogP contribution in [0.25, 0.3) is 0 Å². The molecule has 1 saturated heterocycles. The second kappa shape index (κ2) is 7.71. The maximum Gasteiger partial charge on any atom is 0.259 e. The van der Waals surface area contributed by atoms with Gasteiger partial charge in [-0.2, -0.15) is 4.39 Å². The van der Waals surface area contributed by atoms with Gasteiger partial charge in [-0.3, -0.25) is 9.59 Å². The summed E-state index contributed by atoms with van der Waals surface area (Å²) in [6.45, 7) is 8.34. The molecule has 2 aromatic rings. The van der Waals surface area contributed by atoms with Gasteiger partial charge in [-0.1, -0.05) is 24.6 Å². The van der Waals surface area contributed by atoms with Gasteiger partial charge in [-0.25, -0.2) is 9.37 Å². The molecule has 8 heteroatoms. The van der Waals surface area contributed by atoms with Crippen molar-refractivity contribution in [3.63, 3.8) is 0 Å². The number of carbonyl (C=O) groups excluding carboxylic acids is 2. The largest absolute Gasteiger partial charge is 0.449 e. The van der Waals surface area contributed by atoms with Crippen LogP contribution in [0.5, 0.6) is 11.5 Å². The van der Waals surface area contributed by atoms with E-state index in [2.05, 4.69) is 4.98 Å². The maximum absolute atomic E-state index is 14.2. The van der Waals surface area contributed by atoms with Crippen LogP contribution in [0, 0.1) is 11.8 Å². The third-order valence-corrected chi connectivity index (χ3v) is 5.40. The molecular weight excluding hydrogens is 416 g/mol. The Kier molecular flexibility index (Phi) is 5.73. The fourth-order valence-electron chi connectivity index (χ4n) is 3.69. The van der Waals surface area contributed by atoms with Crippen LogP contribution in [0.15, 0.2) is 24.4 Å². The number of Topliss-reactive ketones (excluding diaryl/α,β-unsaturated/α-hetero) is 2. The minimum Gasteiger partial charge on any atom is -0.449 e. The molecule has 0 aliphatic carbocycles. The summed E-state index contributed by atoms with van der Waals surface area (Å²) >= 11 is 5.67. The number of aryl methyl sites for hydroxylation is 1. The standard InChI is InChI=1S/C22H22ClF2NO4/c1-6-11-7-8-12(29-17-16(24)14(23)10-26-20(17)25)9-13(11)15-18(27)21(2,3)30-22(4,5)19(15)28/h7-10,15H,6H2,1-5H3. The molecule has 0 saturated carbocycles. The smallest absolute Gasteiger partial charge is 0.259 e. The molecule has 1 fully saturated rings. The average molecular weight is 438 g/mol. The number of ketones is 2. The van der Waals surface area contributed by atoms with Crippen molar-refractivity contribution in [1.82, 2.24) is 4.98 Å². The number of nitrogens with zero attached hydrogens (tertiary/aromatic N) is 1. The third kappa shape index (κ3) is 3.84. The van der Waals surface area contributed by atoms with Crippen molar-refractivity contribution in [3.8, 4) is 11.5 Å².